The number of non-ortho nitro benzene ring substituents is 1. The maximum Gasteiger partial charge on any atom is 0.271 e. The van der Waals surface area contributed by atoms with E-state index in [0.717, 1.165) is 0 Å². The summed E-state index contributed by atoms with van der Waals surface area (Å²) in [5.41, 5.74) is -0.107. The summed E-state index contributed by atoms with van der Waals surface area (Å²) in [6, 6.07) is 10.7. The Morgan fingerprint density at radius 3 is 2.78 bits per heavy atom. The minimum Gasteiger partial charge on any atom is -0.441 e. The Balaban J connectivity index is 1.73. The third-order valence-electron chi connectivity index (χ3n) is 3.90. The molecule has 1 N–H and O–H groups in total. The smallest absolute Gasteiger partial charge is 0.271 e. The van der Waals surface area contributed by atoms with Gasteiger partial charge in [-0.1, -0.05) is 6.07 Å². The number of amides is 1. The fraction of sp³-hybridized carbons (Fsp3) is 0.222. The van der Waals surface area contributed by atoms with Crippen molar-refractivity contribution in [2.45, 2.75) is 0 Å². The number of furan rings is 1. The summed E-state index contributed by atoms with van der Waals surface area (Å²) in [6.07, 6.45) is 1.33. The monoisotopic (exact) mass is 368 g/mol. The standard InChI is InChI=1S/C18H16N4O5/c19-12-13(18(23)20-14-2-1-3-15(11-14)22(24)25)10-16-4-5-17(27-16)21-6-8-26-9-7-21/h1-5,10-11H,6-9H2,(H,20,23)/b13-10+. The van der Waals surface area contributed by atoms with Crippen LogP contribution < -0.4 is 10.2 Å². The molecule has 0 spiro atoms. The Bertz CT molecular complexity index is 922. The number of nitriles is 1. The molecule has 0 atom stereocenters. The Labute approximate surface area is 154 Å². The average Bonchev–Trinajstić information content (AvgIpc) is 3.15. The molecule has 9 heteroatoms. The molecular weight excluding hydrogens is 352 g/mol. The summed E-state index contributed by atoms with van der Waals surface area (Å²) in [5, 5.41) is 22.6. The van der Waals surface area contributed by atoms with Gasteiger partial charge in [0.05, 0.1) is 18.1 Å². The highest BCUT2D eigenvalue weighted by Gasteiger charge is 2.16. The van der Waals surface area contributed by atoms with Gasteiger partial charge in [-0.15, -0.1) is 0 Å². The lowest BCUT2D eigenvalue weighted by molar-refractivity contribution is -0.384. The van der Waals surface area contributed by atoms with E-state index in [0.29, 0.717) is 37.9 Å². The zero-order valence-electron chi connectivity index (χ0n) is 14.3. The van der Waals surface area contributed by atoms with Crippen LogP contribution in [-0.4, -0.2) is 37.1 Å². The predicted molar refractivity (Wildman–Crippen MR) is 97.1 cm³/mol. The number of benzene rings is 1. The lowest BCUT2D eigenvalue weighted by atomic mass is 10.2. The number of hydrogen-bond acceptors (Lipinski definition) is 7. The summed E-state index contributed by atoms with van der Waals surface area (Å²) in [5.74, 6) is 0.325. The number of anilines is 2. The van der Waals surface area contributed by atoms with Crippen LogP contribution in [0.15, 0.2) is 46.4 Å². The quantitative estimate of drug-likeness (QED) is 0.372. The number of hydrogen-bond donors (Lipinski definition) is 1. The molecule has 27 heavy (non-hydrogen) atoms. The first-order chi connectivity index (χ1) is 13.1. The molecule has 1 saturated heterocycles. The van der Waals surface area contributed by atoms with E-state index < -0.39 is 10.8 Å². The molecule has 1 aromatic heterocycles. The highest BCUT2D eigenvalue weighted by molar-refractivity contribution is 6.09. The van der Waals surface area contributed by atoms with Crippen molar-refractivity contribution < 1.29 is 18.9 Å². The number of morpholine rings is 1. The number of carbonyl (C=O) groups excluding carboxylic acids is 1. The van der Waals surface area contributed by atoms with Crippen LogP contribution >= 0.6 is 0 Å². The van der Waals surface area contributed by atoms with E-state index in [-0.39, 0.29) is 16.9 Å². The molecule has 2 aromatic rings. The number of rotatable bonds is 5. The van der Waals surface area contributed by atoms with Crippen molar-refractivity contribution >= 4 is 29.2 Å². The number of ether oxygens (including phenoxy) is 1. The minimum atomic E-state index is -0.678. The van der Waals surface area contributed by atoms with Crippen molar-refractivity contribution in [2.75, 3.05) is 36.5 Å². The number of nitrogens with one attached hydrogen (secondary N) is 1. The molecule has 138 valence electrons. The molecule has 1 aliphatic rings. The molecule has 0 unspecified atom stereocenters. The van der Waals surface area contributed by atoms with E-state index in [1.54, 1.807) is 12.1 Å². The summed E-state index contributed by atoms with van der Waals surface area (Å²) in [6.45, 7) is 2.63. The zero-order valence-corrected chi connectivity index (χ0v) is 14.3. The van der Waals surface area contributed by atoms with Crippen molar-refractivity contribution in [1.29, 1.82) is 5.26 Å². The summed E-state index contributed by atoms with van der Waals surface area (Å²) < 4.78 is 11.0. The van der Waals surface area contributed by atoms with Crippen LogP contribution in [0.1, 0.15) is 5.76 Å². The highest BCUT2D eigenvalue weighted by atomic mass is 16.6. The van der Waals surface area contributed by atoms with Crippen molar-refractivity contribution in [1.82, 2.24) is 0 Å². The van der Waals surface area contributed by atoms with E-state index in [1.807, 2.05) is 11.0 Å². The molecule has 3 rings (SSSR count). The van der Waals surface area contributed by atoms with Crippen LogP contribution in [0.25, 0.3) is 6.08 Å². The molecular formula is C18H16N4O5. The van der Waals surface area contributed by atoms with Gasteiger partial charge >= 0.3 is 0 Å². The number of nitrogens with zero attached hydrogens (tertiary/aromatic N) is 3. The van der Waals surface area contributed by atoms with Gasteiger partial charge in [0.2, 0.25) is 0 Å². The first-order valence-corrected chi connectivity index (χ1v) is 8.17. The van der Waals surface area contributed by atoms with E-state index in [1.165, 1.54) is 30.3 Å². The molecule has 0 saturated carbocycles. The Kier molecular flexibility index (Phi) is 5.49. The van der Waals surface area contributed by atoms with Gasteiger partial charge in [0.15, 0.2) is 5.88 Å². The first kappa shape index (κ1) is 18.2. The third-order valence-corrected chi connectivity index (χ3v) is 3.90. The van der Waals surface area contributed by atoms with E-state index in [9.17, 15) is 20.2 Å². The van der Waals surface area contributed by atoms with Crippen LogP contribution in [0.2, 0.25) is 0 Å². The van der Waals surface area contributed by atoms with E-state index in [2.05, 4.69) is 5.32 Å². The number of nitro benzene ring substituents is 1. The Hall–Kier alpha value is -3.64. The van der Waals surface area contributed by atoms with Crippen LogP contribution in [0.5, 0.6) is 0 Å². The summed E-state index contributed by atoms with van der Waals surface area (Å²) >= 11 is 0. The molecule has 1 aliphatic heterocycles. The lowest BCUT2D eigenvalue weighted by Gasteiger charge is -2.26. The van der Waals surface area contributed by atoms with Crippen molar-refractivity contribution in [3.63, 3.8) is 0 Å². The first-order valence-electron chi connectivity index (χ1n) is 8.17. The normalized spacial score (nSPS) is 14.5. The number of carbonyl (C=O) groups is 1. The van der Waals surface area contributed by atoms with E-state index >= 15 is 0 Å². The molecule has 1 amide bonds. The largest absolute Gasteiger partial charge is 0.441 e. The van der Waals surface area contributed by atoms with E-state index in [4.69, 9.17) is 9.15 Å². The molecule has 2 heterocycles. The number of nitro groups is 1. The van der Waals surface area contributed by atoms with Crippen molar-refractivity contribution in [3.05, 3.63) is 57.8 Å². The van der Waals surface area contributed by atoms with Gasteiger partial charge in [0.1, 0.15) is 17.4 Å². The van der Waals surface area contributed by atoms with Crippen LogP contribution in [0, 0.1) is 21.4 Å². The van der Waals surface area contributed by atoms with Gasteiger partial charge in [-0.25, -0.2) is 0 Å². The Morgan fingerprint density at radius 2 is 2.07 bits per heavy atom. The molecule has 0 bridgehead atoms. The second kappa shape index (κ2) is 8.16. The maximum atomic E-state index is 12.3. The maximum absolute atomic E-state index is 12.3. The third kappa shape index (κ3) is 4.50. The van der Waals surface area contributed by atoms with Gasteiger partial charge in [0, 0.05) is 43.1 Å². The van der Waals surface area contributed by atoms with Gasteiger partial charge < -0.3 is 19.4 Å². The Morgan fingerprint density at radius 1 is 1.30 bits per heavy atom. The van der Waals surface area contributed by atoms with Gasteiger partial charge in [-0.3, -0.25) is 14.9 Å². The predicted octanol–water partition coefficient (Wildman–Crippen LogP) is 2.57. The van der Waals surface area contributed by atoms with Crippen molar-refractivity contribution in [3.8, 4) is 6.07 Å². The minimum absolute atomic E-state index is 0.156. The van der Waals surface area contributed by atoms with Crippen LogP contribution in [0.4, 0.5) is 17.3 Å². The van der Waals surface area contributed by atoms with Crippen molar-refractivity contribution in [2.24, 2.45) is 0 Å². The van der Waals surface area contributed by atoms with Gasteiger partial charge in [-0.2, -0.15) is 5.26 Å². The fourth-order valence-electron chi connectivity index (χ4n) is 2.56. The molecule has 9 nitrogen and oxygen atoms in total. The fourth-order valence-corrected chi connectivity index (χ4v) is 2.56. The lowest BCUT2D eigenvalue weighted by Crippen LogP contribution is -2.35. The molecule has 1 aromatic carbocycles. The topological polar surface area (TPSA) is 122 Å². The second-order valence-electron chi connectivity index (χ2n) is 5.71. The summed E-state index contributed by atoms with van der Waals surface area (Å²) in [4.78, 5) is 24.6. The zero-order chi connectivity index (χ0) is 19.2. The molecule has 1 fully saturated rings. The van der Waals surface area contributed by atoms with Crippen LogP contribution in [0.3, 0.4) is 0 Å². The van der Waals surface area contributed by atoms with Gasteiger partial charge in [0.25, 0.3) is 11.6 Å². The second-order valence-corrected chi connectivity index (χ2v) is 5.71. The SMILES string of the molecule is N#C/C(=C\c1ccc(N2CCOCC2)o1)C(=O)Nc1cccc([N+](=O)[O-])c1. The molecule has 0 aliphatic carbocycles. The molecule has 0 radical (unpaired) electrons. The average molecular weight is 368 g/mol. The highest BCUT2D eigenvalue weighted by Crippen LogP contribution is 2.22. The van der Waals surface area contributed by atoms with Gasteiger partial charge in [-0.05, 0) is 12.1 Å². The van der Waals surface area contributed by atoms with Crippen LogP contribution in [-0.2, 0) is 9.53 Å². The summed E-state index contributed by atoms with van der Waals surface area (Å²) in [7, 11) is 0.